The summed E-state index contributed by atoms with van der Waals surface area (Å²) in [6.07, 6.45) is 9.17. The molecular formula is C14H21Cl2N. The van der Waals surface area contributed by atoms with Gasteiger partial charge in [0.1, 0.15) is 0 Å². The van der Waals surface area contributed by atoms with E-state index in [0.717, 1.165) is 17.9 Å². The molecule has 0 aromatic carbocycles. The van der Waals surface area contributed by atoms with E-state index in [1.165, 1.54) is 24.8 Å². The monoisotopic (exact) mass is 273 g/mol. The number of alkyl halides is 1. The van der Waals surface area contributed by atoms with Crippen LogP contribution in [0.2, 0.25) is 5.02 Å². The second kappa shape index (κ2) is 7.23. The van der Waals surface area contributed by atoms with Gasteiger partial charge in [-0.05, 0) is 36.3 Å². The zero-order valence-corrected chi connectivity index (χ0v) is 12.2. The van der Waals surface area contributed by atoms with Crippen LogP contribution < -0.4 is 0 Å². The van der Waals surface area contributed by atoms with Gasteiger partial charge in [-0.15, -0.1) is 11.6 Å². The van der Waals surface area contributed by atoms with Gasteiger partial charge in [0.25, 0.3) is 0 Å². The minimum Gasteiger partial charge on any atom is -0.263 e. The largest absolute Gasteiger partial charge is 0.263 e. The van der Waals surface area contributed by atoms with Crippen LogP contribution in [0.15, 0.2) is 18.5 Å². The van der Waals surface area contributed by atoms with Crippen LogP contribution in [-0.2, 0) is 6.42 Å². The maximum Gasteiger partial charge on any atom is 0.0621 e. The highest BCUT2D eigenvalue weighted by Crippen LogP contribution is 2.35. The van der Waals surface area contributed by atoms with Gasteiger partial charge in [-0.25, -0.2) is 0 Å². The van der Waals surface area contributed by atoms with Gasteiger partial charge >= 0.3 is 0 Å². The molecule has 0 bridgehead atoms. The van der Waals surface area contributed by atoms with Crippen molar-refractivity contribution in [1.29, 1.82) is 0 Å². The highest BCUT2D eigenvalue weighted by Gasteiger charge is 2.27. The molecule has 0 saturated heterocycles. The van der Waals surface area contributed by atoms with Crippen molar-refractivity contribution < 1.29 is 0 Å². The second-order valence-corrected chi connectivity index (χ2v) is 5.41. The lowest BCUT2D eigenvalue weighted by Crippen LogP contribution is -2.25. The molecule has 0 radical (unpaired) electrons. The van der Waals surface area contributed by atoms with E-state index in [-0.39, 0.29) is 5.41 Å². The van der Waals surface area contributed by atoms with Gasteiger partial charge in [0.2, 0.25) is 0 Å². The molecule has 1 nitrogen and oxygen atoms in total. The Morgan fingerprint density at radius 2 is 2.12 bits per heavy atom. The summed E-state index contributed by atoms with van der Waals surface area (Å²) in [5.41, 5.74) is 1.35. The maximum atomic E-state index is 6.20. The van der Waals surface area contributed by atoms with Gasteiger partial charge in [0, 0.05) is 18.3 Å². The van der Waals surface area contributed by atoms with Crippen molar-refractivity contribution in [2.45, 2.75) is 46.0 Å². The highest BCUT2D eigenvalue weighted by atomic mass is 35.5. The smallest absolute Gasteiger partial charge is 0.0621 e. The van der Waals surface area contributed by atoms with Gasteiger partial charge in [-0.1, -0.05) is 38.3 Å². The van der Waals surface area contributed by atoms with Crippen molar-refractivity contribution in [3.63, 3.8) is 0 Å². The van der Waals surface area contributed by atoms with Gasteiger partial charge in [-0.3, -0.25) is 4.98 Å². The maximum absolute atomic E-state index is 6.20. The summed E-state index contributed by atoms with van der Waals surface area (Å²) in [5.74, 6) is 0.697. The highest BCUT2D eigenvalue weighted by molar-refractivity contribution is 6.31. The Hall–Kier alpha value is -0.270. The molecule has 17 heavy (non-hydrogen) atoms. The molecule has 0 amide bonds. The van der Waals surface area contributed by atoms with Crippen LogP contribution in [0, 0.1) is 5.41 Å². The Labute approximate surface area is 115 Å². The molecule has 0 aliphatic heterocycles. The van der Waals surface area contributed by atoms with Crippen molar-refractivity contribution in [1.82, 2.24) is 4.98 Å². The predicted molar refractivity (Wildman–Crippen MR) is 75.9 cm³/mol. The summed E-state index contributed by atoms with van der Waals surface area (Å²) in [6.45, 7) is 4.43. The minimum atomic E-state index is 0.183. The first kappa shape index (κ1) is 14.8. The number of nitrogens with zero attached hydrogens (tertiary/aromatic N) is 1. The van der Waals surface area contributed by atoms with Crippen LogP contribution in [0.3, 0.4) is 0 Å². The third-order valence-corrected chi connectivity index (χ3v) is 4.42. The average Bonchev–Trinajstić information content (AvgIpc) is 2.37. The molecule has 1 aromatic heterocycles. The first-order valence-electron chi connectivity index (χ1n) is 6.32. The van der Waals surface area contributed by atoms with E-state index < -0.39 is 0 Å². The van der Waals surface area contributed by atoms with Crippen molar-refractivity contribution in [2.24, 2.45) is 5.41 Å². The fourth-order valence-corrected chi connectivity index (χ4v) is 2.71. The Morgan fingerprint density at radius 3 is 2.65 bits per heavy atom. The van der Waals surface area contributed by atoms with Crippen LogP contribution in [0.5, 0.6) is 0 Å². The minimum absolute atomic E-state index is 0.183. The number of pyridine rings is 1. The van der Waals surface area contributed by atoms with E-state index in [0.29, 0.717) is 5.88 Å². The molecular weight excluding hydrogens is 253 g/mol. The number of rotatable bonds is 7. The van der Waals surface area contributed by atoms with Gasteiger partial charge < -0.3 is 0 Å². The zero-order valence-electron chi connectivity index (χ0n) is 10.7. The van der Waals surface area contributed by atoms with Gasteiger partial charge in [-0.2, -0.15) is 0 Å². The summed E-state index contributed by atoms with van der Waals surface area (Å²) in [4.78, 5) is 4.02. The normalized spacial score (nSPS) is 14.6. The SMILES string of the molecule is CCCCC(CC)(CCl)Cc1ccncc1Cl. The summed E-state index contributed by atoms with van der Waals surface area (Å²) in [5, 5.41) is 0.756. The van der Waals surface area contributed by atoms with Crippen LogP contribution >= 0.6 is 23.2 Å². The molecule has 0 N–H and O–H groups in total. The summed E-state index contributed by atoms with van der Waals surface area (Å²) >= 11 is 12.4. The molecule has 1 atom stereocenters. The van der Waals surface area contributed by atoms with Crippen LogP contribution in [0.1, 0.15) is 45.1 Å². The quantitative estimate of drug-likeness (QED) is 0.630. The topological polar surface area (TPSA) is 12.9 Å². The molecule has 1 rings (SSSR count). The Kier molecular flexibility index (Phi) is 6.29. The fraction of sp³-hybridized carbons (Fsp3) is 0.643. The van der Waals surface area contributed by atoms with Crippen molar-refractivity contribution in [2.75, 3.05) is 5.88 Å². The Balaban J connectivity index is 2.82. The van der Waals surface area contributed by atoms with Gasteiger partial charge in [0.05, 0.1) is 5.02 Å². The number of halogens is 2. The molecule has 1 aromatic rings. The second-order valence-electron chi connectivity index (χ2n) is 4.73. The first-order chi connectivity index (χ1) is 8.17. The standard InChI is InChI=1S/C14H21Cl2N/c1-3-5-7-14(4-2,11-15)9-12-6-8-17-10-13(12)16/h6,8,10H,3-5,7,9,11H2,1-2H3. The van der Waals surface area contributed by atoms with E-state index in [4.69, 9.17) is 23.2 Å². The van der Waals surface area contributed by atoms with Crippen LogP contribution in [-0.4, -0.2) is 10.9 Å². The molecule has 3 heteroatoms. The molecule has 96 valence electrons. The molecule has 0 spiro atoms. The first-order valence-corrected chi connectivity index (χ1v) is 7.23. The van der Waals surface area contributed by atoms with E-state index in [9.17, 15) is 0 Å². The molecule has 0 aliphatic carbocycles. The summed E-state index contributed by atoms with van der Waals surface area (Å²) in [6, 6.07) is 2.01. The van der Waals surface area contributed by atoms with Gasteiger partial charge in [0.15, 0.2) is 0 Å². The zero-order chi connectivity index (χ0) is 12.7. The Bertz CT molecular complexity index is 335. The van der Waals surface area contributed by atoms with E-state index >= 15 is 0 Å². The van der Waals surface area contributed by atoms with Crippen LogP contribution in [0.4, 0.5) is 0 Å². The number of aromatic nitrogens is 1. The molecule has 0 aliphatic rings. The number of unbranched alkanes of at least 4 members (excludes halogenated alkanes) is 1. The van der Waals surface area contributed by atoms with Crippen LogP contribution in [0.25, 0.3) is 0 Å². The fourth-order valence-electron chi connectivity index (χ4n) is 2.10. The van der Waals surface area contributed by atoms with E-state index in [1.807, 2.05) is 6.07 Å². The lowest BCUT2D eigenvalue weighted by molar-refractivity contribution is 0.279. The molecule has 0 saturated carbocycles. The summed E-state index contributed by atoms with van der Waals surface area (Å²) < 4.78 is 0. The average molecular weight is 274 g/mol. The third kappa shape index (κ3) is 4.15. The van der Waals surface area contributed by atoms with Crippen molar-refractivity contribution >= 4 is 23.2 Å². The molecule has 1 heterocycles. The lowest BCUT2D eigenvalue weighted by Gasteiger charge is -2.31. The molecule has 1 unspecified atom stereocenters. The predicted octanol–water partition coefficient (Wildman–Crippen LogP) is 5.10. The number of hydrogen-bond acceptors (Lipinski definition) is 1. The van der Waals surface area contributed by atoms with Crippen molar-refractivity contribution in [3.05, 3.63) is 29.0 Å². The summed E-state index contributed by atoms with van der Waals surface area (Å²) in [7, 11) is 0. The Morgan fingerprint density at radius 1 is 1.35 bits per heavy atom. The van der Waals surface area contributed by atoms with E-state index in [2.05, 4.69) is 18.8 Å². The van der Waals surface area contributed by atoms with E-state index in [1.54, 1.807) is 12.4 Å². The van der Waals surface area contributed by atoms with Crippen molar-refractivity contribution in [3.8, 4) is 0 Å². The lowest BCUT2D eigenvalue weighted by atomic mass is 9.77. The number of hydrogen-bond donors (Lipinski definition) is 0. The molecule has 0 fully saturated rings. The third-order valence-electron chi connectivity index (χ3n) is 3.52.